The van der Waals surface area contributed by atoms with Crippen LogP contribution in [0, 0.1) is 19.7 Å². The number of likely N-dealkylation sites (N-methyl/N-ethyl adjacent to an activating group) is 1. The van der Waals surface area contributed by atoms with Crippen LogP contribution >= 0.6 is 0 Å². The predicted molar refractivity (Wildman–Crippen MR) is 113 cm³/mol. The van der Waals surface area contributed by atoms with Crippen LogP contribution in [0.4, 0.5) is 4.39 Å². The van der Waals surface area contributed by atoms with E-state index in [0.717, 1.165) is 22.4 Å². The van der Waals surface area contributed by atoms with Gasteiger partial charge in [0.2, 0.25) is 5.91 Å². The SMILES string of the molecule is COCC(=O)N(C)CC(=O)N1N=C(c2ccc(C)c(C)c2)CC1c1ccc(F)cc1. The van der Waals surface area contributed by atoms with Gasteiger partial charge in [-0.2, -0.15) is 5.10 Å². The molecule has 2 amide bonds. The lowest BCUT2D eigenvalue weighted by Crippen LogP contribution is -2.40. The number of hydrazone groups is 1. The molecule has 2 aromatic rings. The fourth-order valence-electron chi connectivity index (χ4n) is 3.38. The van der Waals surface area contributed by atoms with Crippen LogP contribution in [0.25, 0.3) is 0 Å². The number of carbonyl (C=O) groups excluding carboxylic acids is 2. The summed E-state index contributed by atoms with van der Waals surface area (Å²) in [4.78, 5) is 26.3. The summed E-state index contributed by atoms with van der Waals surface area (Å²) in [5.74, 6) is -0.938. The van der Waals surface area contributed by atoms with Crippen molar-refractivity contribution in [1.82, 2.24) is 9.91 Å². The highest BCUT2D eigenvalue weighted by Gasteiger charge is 2.34. The van der Waals surface area contributed by atoms with Crippen LogP contribution < -0.4 is 0 Å². The molecule has 0 saturated carbocycles. The van der Waals surface area contributed by atoms with Gasteiger partial charge in [-0.3, -0.25) is 9.59 Å². The lowest BCUT2D eigenvalue weighted by molar-refractivity contribution is -0.142. The number of hydrogen-bond donors (Lipinski definition) is 0. The predicted octanol–water partition coefficient (Wildman–Crippen LogP) is 3.23. The number of carbonyl (C=O) groups is 2. The molecule has 2 aromatic carbocycles. The van der Waals surface area contributed by atoms with E-state index in [1.54, 1.807) is 19.2 Å². The number of halogens is 1. The van der Waals surface area contributed by atoms with E-state index in [-0.39, 0.29) is 36.8 Å². The Kier molecular flexibility index (Phi) is 6.62. The first kappa shape index (κ1) is 21.6. The van der Waals surface area contributed by atoms with Gasteiger partial charge in [-0.05, 0) is 54.3 Å². The van der Waals surface area contributed by atoms with Crippen molar-refractivity contribution < 1.29 is 18.7 Å². The molecule has 0 aliphatic carbocycles. The lowest BCUT2D eigenvalue weighted by atomic mass is 9.96. The number of rotatable bonds is 6. The minimum Gasteiger partial charge on any atom is -0.375 e. The second-order valence-corrected chi connectivity index (χ2v) is 7.54. The maximum Gasteiger partial charge on any atom is 0.262 e. The van der Waals surface area contributed by atoms with Crippen molar-refractivity contribution >= 4 is 17.5 Å². The van der Waals surface area contributed by atoms with Crippen molar-refractivity contribution in [2.24, 2.45) is 5.10 Å². The maximum absolute atomic E-state index is 13.4. The summed E-state index contributed by atoms with van der Waals surface area (Å²) in [5, 5.41) is 6.02. The van der Waals surface area contributed by atoms with Gasteiger partial charge >= 0.3 is 0 Å². The first-order valence-electron chi connectivity index (χ1n) is 9.75. The summed E-state index contributed by atoms with van der Waals surface area (Å²) in [7, 11) is 2.98. The topological polar surface area (TPSA) is 62.2 Å². The standard InChI is InChI=1S/C23H26FN3O3/c1-15-5-6-18(11-16(15)2)20-12-21(17-7-9-19(24)10-8-17)27(25-20)22(28)13-26(3)23(29)14-30-4/h5-11,21H,12-14H2,1-4H3. The van der Waals surface area contributed by atoms with Crippen molar-refractivity contribution in [3.63, 3.8) is 0 Å². The number of ether oxygens (including phenoxy) is 1. The van der Waals surface area contributed by atoms with E-state index >= 15 is 0 Å². The Morgan fingerprint density at radius 3 is 2.50 bits per heavy atom. The molecule has 158 valence electrons. The van der Waals surface area contributed by atoms with Crippen LogP contribution in [-0.4, -0.2) is 54.7 Å². The molecular formula is C23H26FN3O3. The third-order valence-electron chi connectivity index (χ3n) is 5.33. The van der Waals surface area contributed by atoms with Gasteiger partial charge in [-0.15, -0.1) is 0 Å². The molecule has 1 aliphatic heterocycles. The van der Waals surface area contributed by atoms with E-state index in [1.165, 1.54) is 34.7 Å². The molecule has 0 N–H and O–H groups in total. The van der Waals surface area contributed by atoms with Gasteiger partial charge in [0.05, 0.1) is 11.8 Å². The molecule has 30 heavy (non-hydrogen) atoms. The molecule has 0 bridgehead atoms. The van der Waals surface area contributed by atoms with Gasteiger partial charge in [0.25, 0.3) is 5.91 Å². The molecule has 3 rings (SSSR count). The summed E-state index contributed by atoms with van der Waals surface area (Å²) < 4.78 is 18.3. The third kappa shape index (κ3) is 4.74. The number of hydrogen-bond acceptors (Lipinski definition) is 4. The zero-order valence-corrected chi connectivity index (χ0v) is 17.7. The lowest BCUT2D eigenvalue weighted by Gasteiger charge is -2.24. The second kappa shape index (κ2) is 9.17. The molecule has 0 aromatic heterocycles. The van der Waals surface area contributed by atoms with Gasteiger partial charge in [0.1, 0.15) is 19.0 Å². The van der Waals surface area contributed by atoms with E-state index in [1.807, 2.05) is 26.0 Å². The van der Waals surface area contributed by atoms with Gasteiger partial charge in [0.15, 0.2) is 0 Å². The number of methoxy groups -OCH3 is 1. The third-order valence-corrected chi connectivity index (χ3v) is 5.33. The van der Waals surface area contributed by atoms with E-state index in [4.69, 9.17) is 4.74 Å². The largest absolute Gasteiger partial charge is 0.375 e. The number of nitrogens with zero attached hydrogens (tertiary/aromatic N) is 3. The van der Waals surface area contributed by atoms with Crippen LogP contribution in [0.2, 0.25) is 0 Å². The zero-order chi connectivity index (χ0) is 21.8. The van der Waals surface area contributed by atoms with Crippen molar-refractivity contribution in [1.29, 1.82) is 0 Å². The van der Waals surface area contributed by atoms with Crippen LogP contribution in [0.1, 0.15) is 34.7 Å². The van der Waals surface area contributed by atoms with Crippen LogP contribution in [0.5, 0.6) is 0 Å². The molecule has 1 aliphatic rings. The average Bonchev–Trinajstić information content (AvgIpc) is 3.16. The summed E-state index contributed by atoms with van der Waals surface area (Å²) in [5.41, 5.74) is 4.84. The molecule has 0 radical (unpaired) electrons. The Labute approximate surface area is 175 Å². The quantitative estimate of drug-likeness (QED) is 0.733. The summed E-state index contributed by atoms with van der Waals surface area (Å²) in [6.45, 7) is 3.86. The Morgan fingerprint density at radius 2 is 1.87 bits per heavy atom. The van der Waals surface area contributed by atoms with Crippen LogP contribution in [0.3, 0.4) is 0 Å². The number of benzene rings is 2. The van der Waals surface area contributed by atoms with Crippen LogP contribution in [-0.2, 0) is 14.3 Å². The van der Waals surface area contributed by atoms with Crippen molar-refractivity contribution in [2.45, 2.75) is 26.3 Å². The van der Waals surface area contributed by atoms with Gasteiger partial charge in [-0.1, -0.05) is 24.3 Å². The van der Waals surface area contributed by atoms with Gasteiger partial charge in [-0.25, -0.2) is 9.40 Å². The molecule has 0 saturated heterocycles. The first-order chi connectivity index (χ1) is 14.3. The van der Waals surface area contributed by atoms with Crippen molar-refractivity contribution in [2.75, 3.05) is 27.3 Å². The van der Waals surface area contributed by atoms with Gasteiger partial charge in [0, 0.05) is 20.6 Å². The monoisotopic (exact) mass is 411 g/mol. The molecule has 1 heterocycles. The normalized spacial score (nSPS) is 15.8. The van der Waals surface area contributed by atoms with E-state index < -0.39 is 0 Å². The fraction of sp³-hybridized carbons (Fsp3) is 0.348. The zero-order valence-electron chi connectivity index (χ0n) is 17.7. The fourth-order valence-corrected chi connectivity index (χ4v) is 3.38. The summed E-state index contributed by atoms with van der Waals surface area (Å²) in [6.07, 6.45) is 0.510. The molecule has 7 heteroatoms. The average molecular weight is 411 g/mol. The van der Waals surface area contributed by atoms with Gasteiger partial charge < -0.3 is 9.64 Å². The Morgan fingerprint density at radius 1 is 1.17 bits per heavy atom. The number of amides is 2. The highest BCUT2D eigenvalue weighted by atomic mass is 19.1. The molecule has 1 unspecified atom stereocenters. The Bertz CT molecular complexity index is 972. The summed E-state index contributed by atoms with van der Waals surface area (Å²) in [6, 6.07) is 11.8. The maximum atomic E-state index is 13.4. The molecule has 1 atom stereocenters. The van der Waals surface area contributed by atoms with E-state index in [9.17, 15) is 14.0 Å². The molecule has 6 nitrogen and oxygen atoms in total. The number of aryl methyl sites for hydroxylation is 2. The Hall–Kier alpha value is -3.06. The summed E-state index contributed by atoms with van der Waals surface area (Å²) >= 11 is 0. The van der Waals surface area contributed by atoms with E-state index in [0.29, 0.717) is 6.42 Å². The molecule has 0 fully saturated rings. The van der Waals surface area contributed by atoms with Crippen molar-refractivity contribution in [3.8, 4) is 0 Å². The molecule has 0 spiro atoms. The highest BCUT2D eigenvalue weighted by Crippen LogP contribution is 2.33. The van der Waals surface area contributed by atoms with Crippen LogP contribution in [0.15, 0.2) is 47.6 Å². The second-order valence-electron chi connectivity index (χ2n) is 7.54. The van der Waals surface area contributed by atoms with Crippen molar-refractivity contribution in [3.05, 3.63) is 70.5 Å². The minimum absolute atomic E-state index is 0.0949. The Balaban J connectivity index is 1.90. The smallest absolute Gasteiger partial charge is 0.262 e. The highest BCUT2D eigenvalue weighted by molar-refractivity contribution is 6.03. The van der Waals surface area contributed by atoms with E-state index in [2.05, 4.69) is 11.2 Å². The first-order valence-corrected chi connectivity index (χ1v) is 9.75. The molecular weight excluding hydrogens is 385 g/mol. The minimum atomic E-state index is -0.361.